The van der Waals surface area contributed by atoms with Gasteiger partial charge in [-0.15, -0.1) is 0 Å². The molecule has 0 spiro atoms. The minimum atomic E-state index is -0.553. The van der Waals surface area contributed by atoms with Crippen LogP contribution in [0.25, 0.3) is 0 Å². The Bertz CT molecular complexity index is 740. The first kappa shape index (κ1) is 18.8. The molecule has 0 aliphatic carbocycles. The zero-order valence-corrected chi connectivity index (χ0v) is 15.7. The van der Waals surface area contributed by atoms with Crippen molar-refractivity contribution >= 4 is 5.91 Å². The van der Waals surface area contributed by atoms with Crippen molar-refractivity contribution in [3.8, 4) is 11.5 Å². The SMILES string of the molecule is Cc1ccc(OCCNC(=O)[C@@H](C)Oc2ccc(C)cc2C)c(C)c1. The van der Waals surface area contributed by atoms with Crippen molar-refractivity contribution in [3.05, 3.63) is 58.7 Å². The second-order valence-corrected chi connectivity index (χ2v) is 6.44. The van der Waals surface area contributed by atoms with Gasteiger partial charge in [0.1, 0.15) is 18.1 Å². The van der Waals surface area contributed by atoms with Crippen molar-refractivity contribution in [2.24, 2.45) is 0 Å². The number of benzene rings is 2. The number of nitrogens with one attached hydrogen (secondary N) is 1. The second kappa shape index (κ2) is 8.56. The highest BCUT2D eigenvalue weighted by Crippen LogP contribution is 2.20. The molecule has 4 nitrogen and oxygen atoms in total. The summed E-state index contributed by atoms with van der Waals surface area (Å²) in [5, 5.41) is 2.85. The third-order valence-electron chi connectivity index (χ3n) is 3.99. The molecule has 134 valence electrons. The second-order valence-electron chi connectivity index (χ2n) is 6.44. The molecular weight excluding hydrogens is 314 g/mol. The summed E-state index contributed by atoms with van der Waals surface area (Å²) >= 11 is 0. The molecule has 0 radical (unpaired) electrons. The van der Waals surface area contributed by atoms with E-state index in [-0.39, 0.29) is 5.91 Å². The number of amides is 1. The molecule has 0 aliphatic heterocycles. The number of aryl methyl sites for hydroxylation is 4. The standard InChI is InChI=1S/C21H27NO3/c1-14-6-8-19(16(3)12-14)24-11-10-22-21(23)18(5)25-20-9-7-15(2)13-17(20)4/h6-9,12-13,18H,10-11H2,1-5H3,(H,22,23)/t18-/m1/s1. The van der Waals surface area contributed by atoms with Crippen LogP contribution in [0.2, 0.25) is 0 Å². The first-order valence-corrected chi connectivity index (χ1v) is 8.58. The smallest absolute Gasteiger partial charge is 0.260 e. The van der Waals surface area contributed by atoms with Crippen LogP contribution in [0.5, 0.6) is 11.5 Å². The van der Waals surface area contributed by atoms with Crippen LogP contribution < -0.4 is 14.8 Å². The summed E-state index contributed by atoms with van der Waals surface area (Å²) in [7, 11) is 0. The van der Waals surface area contributed by atoms with Gasteiger partial charge in [-0.1, -0.05) is 35.4 Å². The monoisotopic (exact) mass is 341 g/mol. The minimum absolute atomic E-state index is 0.149. The molecule has 0 heterocycles. The van der Waals surface area contributed by atoms with Gasteiger partial charge in [-0.3, -0.25) is 4.79 Å². The number of hydrogen-bond acceptors (Lipinski definition) is 3. The number of carbonyl (C=O) groups is 1. The molecule has 0 saturated carbocycles. The van der Waals surface area contributed by atoms with Crippen LogP contribution in [0.4, 0.5) is 0 Å². The van der Waals surface area contributed by atoms with E-state index in [1.807, 2.05) is 58.0 Å². The van der Waals surface area contributed by atoms with E-state index in [0.29, 0.717) is 13.2 Å². The predicted octanol–water partition coefficient (Wildman–Crippen LogP) is 3.88. The molecule has 0 bridgehead atoms. The largest absolute Gasteiger partial charge is 0.491 e. The zero-order valence-electron chi connectivity index (χ0n) is 15.7. The van der Waals surface area contributed by atoms with E-state index in [2.05, 4.69) is 11.4 Å². The summed E-state index contributed by atoms with van der Waals surface area (Å²) in [6.07, 6.45) is -0.553. The van der Waals surface area contributed by atoms with Gasteiger partial charge in [-0.05, 0) is 57.9 Å². The lowest BCUT2D eigenvalue weighted by Gasteiger charge is -2.17. The molecular formula is C21H27NO3. The van der Waals surface area contributed by atoms with Crippen LogP contribution >= 0.6 is 0 Å². The molecule has 2 aromatic carbocycles. The first-order chi connectivity index (χ1) is 11.9. The van der Waals surface area contributed by atoms with Crippen LogP contribution in [0.1, 0.15) is 29.2 Å². The Hall–Kier alpha value is -2.49. The minimum Gasteiger partial charge on any atom is -0.491 e. The average molecular weight is 341 g/mol. The Morgan fingerprint density at radius 2 is 1.52 bits per heavy atom. The Kier molecular flexibility index (Phi) is 6.45. The third-order valence-corrected chi connectivity index (χ3v) is 3.99. The van der Waals surface area contributed by atoms with Crippen LogP contribution in [-0.2, 0) is 4.79 Å². The molecule has 1 N–H and O–H groups in total. The Morgan fingerprint density at radius 3 is 2.08 bits per heavy atom. The third kappa shape index (κ3) is 5.52. The highest BCUT2D eigenvalue weighted by molar-refractivity contribution is 5.80. The van der Waals surface area contributed by atoms with E-state index >= 15 is 0 Å². The van der Waals surface area contributed by atoms with Gasteiger partial charge in [0.05, 0.1) is 6.54 Å². The van der Waals surface area contributed by atoms with Crippen molar-refractivity contribution in [1.82, 2.24) is 5.32 Å². The van der Waals surface area contributed by atoms with Crippen LogP contribution in [0.3, 0.4) is 0 Å². The van der Waals surface area contributed by atoms with E-state index in [4.69, 9.17) is 9.47 Å². The Balaban J connectivity index is 1.77. The lowest BCUT2D eigenvalue weighted by Crippen LogP contribution is -2.38. The Morgan fingerprint density at radius 1 is 0.960 bits per heavy atom. The fourth-order valence-corrected chi connectivity index (χ4v) is 2.62. The van der Waals surface area contributed by atoms with Gasteiger partial charge in [0.15, 0.2) is 6.10 Å². The van der Waals surface area contributed by atoms with Gasteiger partial charge in [0, 0.05) is 0 Å². The molecule has 2 rings (SSSR count). The van der Waals surface area contributed by atoms with E-state index in [1.54, 1.807) is 6.92 Å². The lowest BCUT2D eigenvalue weighted by atomic mass is 10.1. The molecule has 0 aliphatic rings. The molecule has 0 saturated heterocycles. The maximum Gasteiger partial charge on any atom is 0.260 e. The van der Waals surface area contributed by atoms with Gasteiger partial charge >= 0.3 is 0 Å². The number of carbonyl (C=O) groups excluding carboxylic acids is 1. The van der Waals surface area contributed by atoms with Gasteiger partial charge in [0.2, 0.25) is 0 Å². The number of rotatable bonds is 7. The van der Waals surface area contributed by atoms with Crippen molar-refractivity contribution < 1.29 is 14.3 Å². The molecule has 1 amide bonds. The zero-order chi connectivity index (χ0) is 18.4. The molecule has 0 aromatic heterocycles. The average Bonchev–Trinajstić information content (AvgIpc) is 2.55. The van der Waals surface area contributed by atoms with Crippen molar-refractivity contribution in [3.63, 3.8) is 0 Å². The fourth-order valence-electron chi connectivity index (χ4n) is 2.62. The maximum atomic E-state index is 12.2. The van der Waals surface area contributed by atoms with E-state index in [9.17, 15) is 4.79 Å². The predicted molar refractivity (Wildman–Crippen MR) is 100 cm³/mol. The molecule has 1 atom stereocenters. The van der Waals surface area contributed by atoms with Gasteiger partial charge in [-0.25, -0.2) is 0 Å². The Labute approximate surface area is 150 Å². The molecule has 4 heteroatoms. The van der Waals surface area contributed by atoms with Crippen LogP contribution in [0, 0.1) is 27.7 Å². The maximum absolute atomic E-state index is 12.2. The molecule has 0 fully saturated rings. The molecule has 25 heavy (non-hydrogen) atoms. The normalized spacial score (nSPS) is 11.7. The summed E-state index contributed by atoms with van der Waals surface area (Å²) in [5.41, 5.74) is 4.50. The van der Waals surface area contributed by atoms with Crippen LogP contribution in [-0.4, -0.2) is 25.2 Å². The fraction of sp³-hybridized carbons (Fsp3) is 0.381. The van der Waals surface area contributed by atoms with Crippen molar-refractivity contribution in [2.45, 2.75) is 40.7 Å². The highest BCUT2D eigenvalue weighted by atomic mass is 16.5. The number of hydrogen-bond donors (Lipinski definition) is 1. The van der Waals surface area contributed by atoms with E-state index < -0.39 is 6.10 Å². The summed E-state index contributed by atoms with van der Waals surface area (Å²) < 4.78 is 11.5. The topological polar surface area (TPSA) is 47.6 Å². The lowest BCUT2D eigenvalue weighted by molar-refractivity contribution is -0.127. The van der Waals surface area contributed by atoms with Crippen molar-refractivity contribution in [1.29, 1.82) is 0 Å². The van der Waals surface area contributed by atoms with Gasteiger partial charge in [0.25, 0.3) is 5.91 Å². The molecule has 2 aromatic rings. The van der Waals surface area contributed by atoms with E-state index in [0.717, 1.165) is 22.6 Å². The summed E-state index contributed by atoms with van der Waals surface area (Å²) in [5.74, 6) is 1.43. The van der Waals surface area contributed by atoms with Gasteiger partial charge < -0.3 is 14.8 Å². The first-order valence-electron chi connectivity index (χ1n) is 8.58. The summed E-state index contributed by atoms with van der Waals surface area (Å²) in [6, 6.07) is 12.0. The summed E-state index contributed by atoms with van der Waals surface area (Å²) in [6.45, 7) is 10.7. The quantitative estimate of drug-likeness (QED) is 0.778. The van der Waals surface area contributed by atoms with Crippen molar-refractivity contribution in [2.75, 3.05) is 13.2 Å². The summed E-state index contributed by atoms with van der Waals surface area (Å²) in [4.78, 5) is 12.2. The highest BCUT2D eigenvalue weighted by Gasteiger charge is 2.15. The van der Waals surface area contributed by atoms with Crippen LogP contribution in [0.15, 0.2) is 36.4 Å². The van der Waals surface area contributed by atoms with Gasteiger partial charge in [-0.2, -0.15) is 0 Å². The number of ether oxygens (including phenoxy) is 2. The van der Waals surface area contributed by atoms with E-state index in [1.165, 1.54) is 11.1 Å². The molecule has 0 unspecified atom stereocenters.